The van der Waals surface area contributed by atoms with Gasteiger partial charge in [0.2, 0.25) is 0 Å². The molecule has 1 nitrogen and oxygen atoms in total. The highest BCUT2D eigenvalue weighted by molar-refractivity contribution is 5.77. The van der Waals surface area contributed by atoms with E-state index in [4.69, 9.17) is 0 Å². The Bertz CT molecular complexity index is 1150. The zero-order chi connectivity index (χ0) is 18.8. The fourth-order valence-corrected chi connectivity index (χ4v) is 7.71. The number of fused-ring (bicyclic) bond motifs is 9. The van der Waals surface area contributed by atoms with Gasteiger partial charge in [-0.3, -0.25) is 0 Å². The van der Waals surface area contributed by atoms with E-state index in [-0.39, 0.29) is 21.7 Å². The molecule has 0 saturated carbocycles. The van der Waals surface area contributed by atoms with Gasteiger partial charge in [0.25, 0.3) is 0 Å². The van der Waals surface area contributed by atoms with Gasteiger partial charge in [0.15, 0.2) is 0 Å². The Balaban J connectivity index is 1.94. The number of rotatable bonds is 0. The molecule has 3 aromatic rings. The van der Waals surface area contributed by atoms with Gasteiger partial charge in [-0.25, -0.2) is 0 Å². The first-order chi connectivity index (χ1) is 12.8. The van der Waals surface area contributed by atoms with Crippen LogP contribution in [0.4, 0.5) is 0 Å². The Kier molecular flexibility index (Phi) is 2.38. The van der Waals surface area contributed by atoms with Crippen molar-refractivity contribution in [1.82, 2.24) is 0 Å². The summed E-state index contributed by atoms with van der Waals surface area (Å²) in [5, 5.41) is 11.1. The van der Waals surface area contributed by atoms with Crippen molar-refractivity contribution in [2.24, 2.45) is 5.41 Å². The minimum atomic E-state index is -0.243. The minimum Gasteiger partial charge on any atom is -0.508 e. The van der Waals surface area contributed by atoms with Gasteiger partial charge in [-0.2, -0.15) is 0 Å². The Labute approximate surface area is 160 Å². The van der Waals surface area contributed by atoms with Crippen LogP contribution >= 0.6 is 0 Å². The Morgan fingerprint density at radius 3 is 1.44 bits per heavy atom. The molecule has 134 valence electrons. The van der Waals surface area contributed by atoms with E-state index in [1.807, 2.05) is 12.1 Å². The van der Waals surface area contributed by atoms with E-state index in [1.54, 1.807) is 0 Å². The van der Waals surface area contributed by atoms with Crippen LogP contribution < -0.4 is 0 Å². The van der Waals surface area contributed by atoms with Crippen molar-refractivity contribution in [1.29, 1.82) is 0 Å². The summed E-state index contributed by atoms with van der Waals surface area (Å²) in [5.74, 6) is 0.434. The van der Waals surface area contributed by atoms with E-state index in [9.17, 15) is 5.11 Å². The van der Waals surface area contributed by atoms with Gasteiger partial charge in [0, 0.05) is 27.2 Å². The molecule has 0 heterocycles. The Morgan fingerprint density at radius 1 is 0.519 bits per heavy atom. The van der Waals surface area contributed by atoms with Gasteiger partial charge in [0.1, 0.15) is 5.75 Å². The maximum atomic E-state index is 11.1. The molecule has 0 spiro atoms. The van der Waals surface area contributed by atoms with Crippen molar-refractivity contribution < 1.29 is 5.11 Å². The number of aromatic hydroxyl groups is 1. The smallest absolute Gasteiger partial charge is 0.119 e. The summed E-state index contributed by atoms with van der Waals surface area (Å²) in [6, 6.07) is 24.0. The molecule has 0 radical (unpaired) electrons. The first-order valence-corrected chi connectivity index (χ1v) is 9.87. The SMILES string of the molecule is C[C@]12c3ccccc3[C@]3(C)c4cccc(O)c4[C@](C)(c4ccccc41)[C@]23C. The normalized spacial score (nSPS) is 36.9. The summed E-state index contributed by atoms with van der Waals surface area (Å²) >= 11 is 0. The van der Waals surface area contributed by atoms with Gasteiger partial charge in [-0.15, -0.1) is 0 Å². The Morgan fingerprint density at radius 2 is 0.926 bits per heavy atom. The number of phenols is 1. The predicted octanol–water partition coefficient (Wildman–Crippen LogP) is 5.66. The minimum absolute atomic E-state index is 0.0957. The van der Waals surface area contributed by atoms with Crippen LogP contribution in [0.3, 0.4) is 0 Å². The number of hydrogen-bond donors (Lipinski definition) is 1. The lowest BCUT2D eigenvalue weighted by Crippen LogP contribution is -2.51. The van der Waals surface area contributed by atoms with E-state index in [1.165, 1.54) is 27.8 Å². The molecule has 3 aliphatic carbocycles. The van der Waals surface area contributed by atoms with Crippen molar-refractivity contribution in [3.8, 4) is 5.75 Å². The molecule has 3 aromatic carbocycles. The molecule has 0 saturated heterocycles. The second kappa shape index (κ2) is 4.14. The molecule has 0 aliphatic heterocycles. The maximum absolute atomic E-state index is 11.1. The summed E-state index contributed by atoms with van der Waals surface area (Å²) in [5.41, 5.74) is 7.47. The van der Waals surface area contributed by atoms with E-state index in [2.05, 4.69) is 82.3 Å². The molecule has 27 heavy (non-hydrogen) atoms. The fourth-order valence-electron chi connectivity index (χ4n) is 7.71. The third kappa shape index (κ3) is 1.16. The van der Waals surface area contributed by atoms with Crippen LogP contribution in [0.2, 0.25) is 0 Å². The molecule has 0 amide bonds. The van der Waals surface area contributed by atoms with Gasteiger partial charge in [-0.05, 0) is 33.9 Å². The molecule has 3 aliphatic rings. The van der Waals surface area contributed by atoms with Crippen LogP contribution in [0, 0.1) is 5.41 Å². The van der Waals surface area contributed by atoms with Crippen molar-refractivity contribution in [3.63, 3.8) is 0 Å². The second-order valence-corrected chi connectivity index (χ2v) is 9.29. The first-order valence-electron chi connectivity index (χ1n) is 9.87. The van der Waals surface area contributed by atoms with Gasteiger partial charge in [-0.1, -0.05) is 88.4 Å². The van der Waals surface area contributed by atoms with E-state index in [0.717, 1.165) is 5.56 Å². The standard InChI is InChI=1S/C26H24O/c1-23-16-10-5-6-11-17(16)24(2)20-14-9-15-21(27)22(20)25(3,26(23,24)4)19-13-8-7-12-18(19)23/h5-15,27H,1-4H3/t23-,24+,25-,26+/m0/s1. The summed E-state index contributed by atoms with van der Waals surface area (Å²) in [7, 11) is 0. The van der Waals surface area contributed by atoms with Gasteiger partial charge in [0.05, 0.1) is 0 Å². The number of benzene rings is 3. The Hall–Kier alpha value is -2.54. The quantitative estimate of drug-likeness (QED) is 0.554. The van der Waals surface area contributed by atoms with Gasteiger partial charge < -0.3 is 5.11 Å². The molecule has 6 rings (SSSR count). The van der Waals surface area contributed by atoms with E-state index in [0.29, 0.717) is 5.75 Å². The molecular weight excluding hydrogens is 328 g/mol. The second-order valence-electron chi connectivity index (χ2n) is 9.29. The largest absolute Gasteiger partial charge is 0.508 e. The zero-order valence-electron chi connectivity index (χ0n) is 16.3. The molecule has 1 N–H and O–H groups in total. The molecule has 0 fully saturated rings. The third-order valence-corrected chi connectivity index (χ3v) is 9.09. The molecule has 0 bridgehead atoms. The van der Waals surface area contributed by atoms with Gasteiger partial charge >= 0.3 is 0 Å². The lowest BCUT2D eigenvalue weighted by atomic mass is 9.52. The van der Waals surface area contributed by atoms with Crippen LogP contribution in [0.1, 0.15) is 61.1 Å². The zero-order valence-corrected chi connectivity index (χ0v) is 16.3. The van der Waals surface area contributed by atoms with Crippen molar-refractivity contribution in [3.05, 3.63) is 100 Å². The fraction of sp³-hybridized carbons (Fsp3) is 0.308. The maximum Gasteiger partial charge on any atom is 0.119 e. The van der Waals surface area contributed by atoms with Crippen molar-refractivity contribution in [2.45, 2.75) is 43.9 Å². The molecular formula is C26H24O. The monoisotopic (exact) mass is 352 g/mol. The van der Waals surface area contributed by atoms with E-state index < -0.39 is 0 Å². The molecule has 1 heteroatoms. The third-order valence-electron chi connectivity index (χ3n) is 9.09. The van der Waals surface area contributed by atoms with Crippen molar-refractivity contribution >= 4 is 0 Å². The lowest BCUT2D eigenvalue weighted by Gasteiger charge is -2.49. The first kappa shape index (κ1) is 15.5. The van der Waals surface area contributed by atoms with E-state index >= 15 is 0 Å². The number of phenolic OH excluding ortho intramolecular Hbond substituents is 1. The van der Waals surface area contributed by atoms with Crippen LogP contribution in [0.15, 0.2) is 66.7 Å². The number of hydrogen-bond acceptors (Lipinski definition) is 1. The average Bonchev–Trinajstić information content (AvgIpc) is 3.05. The summed E-state index contributed by atoms with van der Waals surface area (Å²) in [6.45, 7) is 9.68. The topological polar surface area (TPSA) is 20.2 Å². The predicted molar refractivity (Wildman–Crippen MR) is 108 cm³/mol. The van der Waals surface area contributed by atoms with Crippen LogP contribution in [-0.4, -0.2) is 5.11 Å². The lowest BCUT2D eigenvalue weighted by molar-refractivity contribution is 0.0989. The van der Waals surface area contributed by atoms with Crippen molar-refractivity contribution in [2.75, 3.05) is 0 Å². The summed E-state index contributed by atoms with van der Waals surface area (Å²) < 4.78 is 0. The highest BCUT2D eigenvalue weighted by Crippen LogP contribution is 2.82. The van der Waals surface area contributed by atoms with Crippen LogP contribution in [0.5, 0.6) is 5.75 Å². The molecule has 0 aromatic heterocycles. The molecule has 4 atom stereocenters. The summed E-state index contributed by atoms with van der Waals surface area (Å²) in [6.07, 6.45) is 0. The van der Waals surface area contributed by atoms with Crippen LogP contribution in [-0.2, 0) is 16.2 Å². The molecule has 0 unspecified atom stereocenters. The summed E-state index contributed by atoms with van der Waals surface area (Å²) in [4.78, 5) is 0. The average molecular weight is 352 g/mol. The van der Waals surface area contributed by atoms with Crippen LogP contribution in [0.25, 0.3) is 0 Å². The highest BCUT2D eigenvalue weighted by atomic mass is 16.3. The highest BCUT2D eigenvalue weighted by Gasteiger charge is 2.80.